The van der Waals surface area contributed by atoms with E-state index >= 15 is 0 Å². The van der Waals surface area contributed by atoms with Gasteiger partial charge in [-0.2, -0.15) is 0 Å². The minimum atomic E-state index is -0.876. The van der Waals surface area contributed by atoms with Gasteiger partial charge in [-0.15, -0.1) is 0 Å². The number of rotatable bonds is 9. The van der Waals surface area contributed by atoms with Crippen molar-refractivity contribution in [3.63, 3.8) is 0 Å². The van der Waals surface area contributed by atoms with Crippen LogP contribution in [0.5, 0.6) is 0 Å². The Kier molecular flexibility index (Phi) is 9.51. The molecular formula is C10H19N3O5. The van der Waals surface area contributed by atoms with Crippen LogP contribution in [-0.4, -0.2) is 56.4 Å². The third-order valence-electron chi connectivity index (χ3n) is 1.87. The third kappa shape index (κ3) is 10.8. The largest absolute Gasteiger partial charge is 0.481 e. The number of carboxylic acid groups (broad SMARTS) is 1. The van der Waals surface area contributed by atoms with Gasteiger partial charge < -0.3 is 20.5 Å². The molecule has 0 aliphatic rings. The monoisotopic (exact) mass is 261 g/mol. The van der Waals surface area contributed by atoms with Gasteiger partial charge in [0.1, 0.15) is 0 Å². The topological polar surface area (TPSA) is 117 Å². The summed E-state index contributed by atoms with van der Waals surface area (Å²) >= 11 is 0. The third-order valence-corrected chi connectivity index (χ3v) is 1.87. The molecule has 0 saturated heterocycles. The molecule has 0 atom stereocenters. The zero-order valence-corrected chi connectivity index (χ0v) is 10.3. The first-order chi connectivity index (χ1) is 8.56. The van der Waals surface area contributed by atoms with E-state index in [9.17, 15) is 14.4 Å². The minimum absolute atomic E-state index is 0.0304. The highest BCUT2D eigenvalue weighted by atomic mass is 16.5. The highest BCUT2D eigenvalue weighted by Gasteiger charge is 2.06. The lowest BCUT2D eigenvalue weighted by Gasteiger charge is -2.06. The summed E-state index contributed by atoms with van der Waals surface area (Å²) < 4.78 is 4.72. The second kappa shape index (κ2) is 10.5. The van der Waals surface area contributed by atoms with Gasteiger partial charge in [-0.3, -0.25) is 14.9 Å². The molecule has 0 aromatic carbocycles. The van der Waals surface area contributed by atoms with E-state index in [0.717, 1.165) is 0 Å². The van der Waals surface area contributed by atoms with Gasteiger partial charge in [0.25, 0.3) is 0 Å². The number of aliphatic carboxylic acids is 1. The predicted molar refractivity (Wildman–Crippen MR) is 63.2 cm³/mol. The summed E-state index contributed by atoms with van der Waals surface area (Å²) in [6.07, 6.45) is 0.481. The SMILES string of the molecule is COCCNC(=O)NC(=O)CNCCCC(=O)O. The number of carbonyl (C=O) groups excluding carboxylic acids is 2. The Labute approximate surface area is 105 Å². The quantitative estimate of drug-likeness (QED) is 0.392. The van der Waals surface area contributed by atoms with E-state index in [4.69, 9.17) is 9.84 Å². The molecule has 8 heteroatoms. The fourth-order valence-corrected chi connectivity index (χ4v) is 1.05. The molecule has 0 aliphatic heterocycles. The molecule has 0 unspecified atom stereocenters. The number of imide groups is 1. The van der Waals surface area contributed by atoms with Gasteiger partial charge in [0, 0.05) is 20.1 Å². The summed E-state index contributed by atoms with van der Waals surface area (Å²) in [6.45, 7) is 1.07. The van der Waals surface area contributed by atoms with Gasteiger partial charge in [0.05, 0.1) is 13.2 Å². The van der Waals surface area contributed by atoms with Crippen molar-refractivity contribution in [2.24, 2.45) is 0 Å². The van der Waals surface area contributed by atoms with Crippen LogP contribution in [0.3, 0.4) is 0 Å². The lowest BCUT2D eigenvalue weighted by molar-refractivity contribution is -0.137. The van der Waals surface area contributed by atoms with Crippen LogP contribution in [0, 0.1) is 0 Å². The van der Waals surface area contributed by atoms with Crippen LogP contribution in [0.25, 0.3) is 0 Å². The standard InChI is InChI=1S/C10H19N3O5/c1-18-6-5-12-10(17)13-8(14)7-11-4-2-3-9(15)16/h11H,2-7H2,1H3,(H,15,16)(H2,12,13,14,17). The number of nitrogens with one attached hydrogen (secondary N) is 3. The zero-order chi connectivity index (χ0) is 13.8. The number of carbonyl (C=O) groups is 3. The number of methoxy groups -OCH3 is 1. The second-order valence-corrected chi connectivity index (χ2v) is 3.47. The molecule has 0 fully saturated rings. The van der Waals surface area contributed by atoms with Gasteiger partial charge in [-0.1, -0.05) is 0 Å². The van der Waals surface area contributed by atoms with Gasteiger partial charge in [0.15, 0.2) is 0 Å². The number of hydrogen-bond acceptors (Lipinski definition) is 5. The molecule has 0 aliphatic carbocycles. The van der Waals surface area contributed by atoms with Gasteiger partial charge >= 0.3 is 12.0 Å². The first-order valence-electron chi connectivity index (χ1n) is 5.55. The average molecular weight is 261 g/mol. The van der Waals surface area contributed by atoms with Crippen LogP contribution in [0.4, 0.5) is 4.79 Å². The van der Waals surface area contributed by atoms with Crippen molar-refractivity contribution in [2.45, 2.75) is 12.8 Å². The smallest absolute Gasteiger partial charge is 0.321 e. The number of hydrogen-bond donors (Lipinski definition) is 4. The van der Waals surface area contributed by atoms with Crippen molar-refractivity contribution in [1.29, 1.82) is 0 Å². The van der Waals surface area contributed by atoms with E-state index < -0.39 is 17.9 Å². The molecular weight excluding hydrogens is 242 g/mol. The first kappa shape index (κ1) is 16.3. The van der Waals surface area contributed by atoms with Crippen molar-refractivity contribution >= 4 is 17.9 Å². The van der Waals surface area contributed by atoms with Crippen molar-refractivity contribution in [3.05, 3.63) is 0 Å². The van der Waals surface area contributed by atoms with Gasteiger partial charge in [0.2, 0.25) is 5.91 Å². The summed E-state index contributed by atoms with van der Waals surface area (Å²) in [5, 5.41) is 15.7. The van der Waals surface area contributed by atoms with E-state index in [0.29, 0.717) is 26.1 Å². The van der Waals surface area contributed by atoms with Crippen LogP contribution in [-0.2, 0) is 14.3 Å². The fraction of sp³-hybridized carbons (Fsp3) is 0.700. The maximum atomic E-state index is 11.2. The molecule has 0 aromatic heterocycles. The Morgan fingerprint density at radius 2 is 1.94 bits per heavy atom. The van der Waals surface area contributed by atoms with Crippen LogP contribution in [0.15, 0.2) is 0 Å². The molecule has 0 spiro atoms. The Morgan fingerprint density at radius 3 is 2.56 bits per heavy atom. The Bertz CT molecular complexity index is 283. The highest BCUT2D eigenvalue weighted by molar-refractivity contribution is 5.95. The number of urea groups is 1. The highest BCUT2D eigenvalue weighted by Crippen LogP contribution is 1.85. The molecule has 0 saturated carbocycles. The summed E-state index contributed by atoms with van der Waals surface area (Å²) in [4.78, 5) is 32.5. The molecule has 0 bridgehead atoms. The molecule has 0 heterocycles. The maximum absolute atomic E-state index is 11.2. The average Bonchev–Trinajstić information content (AvgIpc) is 2.28. The van der Waals surface area contributed by atoms with E-state index in [2.05, 4.69) is 16.0 Å². The molecule has 4 N–H and O–H groups in total. The molecule has 0 rings (SSSR count). The Hall–Kier alpha value is -1.67. The summed E-state index contributed by atoms with van der Waals surface area (Å²) in [7, 11) is 1.51. The maximum Gasteiger partial charge on any atom is 0.321 e. The number of ether oxygens (including phenoxy) is 1. The minimum Gasteiger partial charge on any atom is -0.481 e. The first-order valence-corrected chi connectivity index (χ1v) is 5.55. The molecule has 3 amide bonds. The molecule has 104 valence electrons. The predicted octanol–water partition coefficient (Wildman–Crippen LogP) is -1.09. The number of amides is 3. The van der Waals surface area contributed by atoms with Crippen molar-refractivity contribution in [1.82, 2.24) is 16.0 Å². The lowest BCUT2D eigenvalue weighted by atomic mass is 10.3. The lowest BCUT2D eigenvalue weighted by Crippen LogP contribution is -2.44. The van der Waals surface area contributed by atoms with E-state index in [1.54, 1.807) is 0 Å². The molecule has 0 radical (unpaired) electrons. The number of carboxylic acids is 1. The van der Waals surface area contributed by atoms with Crippen LogP contribution in [0.2, 0.25) is 0 Å². The normalized spacial score (nSPS) is 9.83. The molecule has 8 nitrogen and oxygen atoms in total. The zero-order valence-electron chi connectivity index (χ0n) is 10.3. The molecule has 0 aromatic rings. The van der Waals surface area contributed by atoms with Crippen molar-refractivity contribution in [3.8, 4) is 0 Å². The Morgan fingerprint density at radius 1 is 1.22 bits per heavy atom. The molecule has 18 heavy (non-hydrogen) atoms. The summed E-state index contributed by atoms with van der Waals surface area (Å²) in [5.41, 5.74) is 0. The second-order valence-electron chi connectivity index (χ2n) is 3.47. The van der Waals surface area contributed by atoms with Crippen LogP contribution >= 0.6 is 0 Å². The van der Waals surface area contributed by atoms with Crippen molar-refractivity contribution < 1.29 is 24.2 Å². The Balaban J connectivity index is 3.46. The van der Waals surface area contributed by atoms with E-state index in [-0.39, 0.29) is 13.0 Å². The summed E-state index contributed by atoms with van der Waals surface area (Å²) in [5.74, 6) is -1.35. The van der Waals surface area contributed by atoms with Gasteiger partial charge in [-0.05, 0) is 13.0 Å². The van der Waals surface area contributed by atoms with Crippen LogP contribution in [0.1, 0.15) is 12.8 Å². The van der Waals surface area contributed by atoms with Crippen molar-refractivity contribution in [2.75, 3.05) is 33.4 Å². The van der Waals surface area contributed by atoms with E-state index in [1.807, 2.05) is 0 Å². The summed E-state index contributed by atoms with van der Waals surface area (Å²) in [6, 6.07) is -0.579. The van der Waals surface area contributed by atoms with Crippen LogP contribution < -0.4 is 16.0 Å². The fourth-order valence-electron chi connectivity index (χ4n) is 1.05. The van der Waals surface area contributed by atoms with Gasteiger partial charge in [-0.25, -0.2) is 4.79 Å². The van der Waals surface area contributed by atoms with E-state index in [1.165, 1.54) is 7.11 Å².